The molecule has 0 unspecified atom stereocenters. The van der Waals surface area contributed by atoms with Crippen molar-refractivity contribution in [2.24, 2.45) is 0 Å². The molecule has 22 heavy (non-hydrogen) atoms. The van der Waals surface area contributed by atoms with Gasteiger partial charge in [-0.05, 0) is 30.5 Å². The Morgan fingerprint density at radius 3 is 2.68 bits per heavy atom. The summed E-state index contributed by atoms with van der Waals surface area (Å²) in [5, 5.41) is 2.82. The summed E-state index contributed by atoms with van der Waals surface area (Å²) in [6.07, 6.45) is 2.00. The predicted octanol–water partition coefficient (Wildman–Crippen LogP) is 2.00. The summed E-state index contributed by atoms with van der Waals surface area (Å²) in [7, 11) is 1.63. The number of carbonyl (C=O) groups excluding carboxylic acids is 2. The zero-order valence-electron chi connectivity index (χ0n) is 13.7. The molecule has 1 N–H and O–H groups in total. The van der Waals surface area contributed by atoms with E-state index >= 15 is 0 Å². The molecule has 0 aliphatic rings. The lowest BCUT2D eigenvalue weighted by Gasteiger charge is -2.21. The van der Waals surface area contributed by atoms with Crippen LogP contribution in [0.25, 0.3) is 0 Å². The molecule has 0 heterocycles. The molecule has 1 aromatic carbocycles. The Hall–Kier alpha value is -2.04. The molecule has 5 nitrogen and oxygen atoms in total. The fourth-order valence-corrected chi connectivity index (χ4v) is 2.11. The largest absolute Gasteiger partial charge is 0.497 e. The summed E-state index contributed by atoms with van der Waals surface area (Å²) < 4.78 is 5.19. The minimum atomic E-state index is -0.00816. The molecule has 122 valence electrons. The van der Waals surface area contributed by atoms with E-state index in [9.17, 15) is 9.59 Å². The van der Waals surface area contributed by atoms with E-state index in [1.54, 1.807) is 12.0 Å². The van der Waals surface area contributed by atoms with Crippen molar-refractivity contribution in [2.75, 3.05) is 26.7 Å². The van der Waals surface area contributed by atoms with Gasteiger partial charge >= 0.3 is 0 Å². The molecule has 0 aliphatic carbocycles. The highest BCUT2D eigenvalue weighted by molar-refractivity contribution is 5.77. The van der Waals surface area contributed by atoms with Gasteiger partial charge in [0, 0.05) is 33.0 Å². The minimum absolute atomic E-state index is 0.00511. The van der Waals surface area contributed by atoms with Crippen LogP contribution in [-0.2, 0) is 16.0 Å². The normalized spacial score (nSPS) is 10.1. The Kier molecular flexibility index (Phi) is 8.04. The van der Waals surface area contributed by atoms with Crippen molar-refractivity contribution in [3.63, 3.8) is 0 Å². The van der Waals surface area contributed by atoms with Gasteiger partial charge in [-0.1, -0.05) is 19.1 Å². The maximum atomic E-state index is 11.7. The van der Waals surface area contributed by atoms with Gasteiger partial charge in [0.05, 0.1) is 7.11 Å². The van der Waals surface area contributed by atoms with E-state index in [1.807, 2.05) is 31.2 Å². The Balaban J connectivity index is 2.46. The lowest BCUT2D eigenvalue weighted by Crippen LogP contribution is -2.35. The van der Waals surface area contributed by atoms with Crippen molar-refractivity contribution in [1.29, 1.82) is 0 Å². The smallest absolute Gasteiger partial charge is 0.221 e. The van der Waals surface area contributed by atoms with E-state index in [1.165, 1.54) is 6.92 Å². The van der Waals surface area contributed by atoms with Crippen molar-refractivity contribution in [3.8, 4) is 5.75 Å². The van der Waals surface area contributed by atoms with E-state index in [2.05, 4.69) is 5.32 Å². The molecule has 0 spiro atoms. The van der Waals surface area contributed by atoms with E-state index in [4.69, 9.17) is 4.74 Å². The number of hydrogen-bond donors (Lipinski definition) is 1. The first kappa shape index (κ1) is 18.0. The predicted molar refractivity (Wildman–Crippen MR) is 86.9 cm³/mol. The van der Waals surface area contributed by atoms with Crippen molar-refractivity contribution >= 4 is 11.8 Å². The third-order valence-corrected chi connectivity index (χ3v) is 3.43. The average Bonchev–Trinajstić information content (AvgIpc) is 2.52. The van der Waals surface area contributed by atoms with Crippen molar-refractivity contribution in [1.82, 2.24) is 10.2 Å². The number of nitrogens with one attached hydrogen (secondary N) is 1. The van der Waals surface area contributed by atoms with Gasteiger partial charge < -0.3 is 15.0 Å². The summed E-state index contributed by atoms with van der Waals surface area (Å²) >= 11 is 0. The summed E-state index contributed by atoms with van der Waals surface area (Å²) in [6, 6.07) is 7.80. The van der Waals surface area contributed by atoms with Crippen LogP contribution in [0.4, 0.5) is 0 Å². The average molecular weight is 306 g/mol. The van der Waals surface area contributed by atoms with E-state index in [0.717, 1.165) is 24.2 Å². The lowest BCUT2D eigenvalue weighted by atomic mass is 10.1. The van der Waals surface area contributed by atoms with Crippen LogP contribution in [-0.4, -0.2) is 43.5 Å². The van der Waals surface area contributed by atoms with Crippen LogP contribution in [0.3, 0.4) is 0 Å². The minimum Gasteiger partial charge on any atom is -0.497 e. The molecule has 5 heteroatoms. The Morgan fingerprint density at radius 1 is 1.27 bits per heavy atom. The third kappa shape index (κ3) is 6.61. The number of amides is 2. The fraction of sp³-hybridized carbons (Fsp3) is 0.529. The molecule has 1 rings (SSSR count). The molecule has 0 saturated heterocycles. The first-order valence-electron chi connectivity index (χ1n) is 7.72. The SMILES string of the molecule is CCCNC(=O)CCN(CCc1cccc(OC)c1)C(C)=O. The highest BCUT2D eigenvalue weighted by Gasteiger charge is 2.11. The van der Waals surface area contributed by atoms with Gasteiger partial charge in [0.25, 0.3) is 0 Å². The monoisotopic (exact) mass is 306 g/mol. The van der Waals surface area contributed by atoms with Gasteiger partial charge in [0.1, 0.15) is 5.75 Å². The highest BCUT2D eigenvalue weighted by Crippen LogP contribution is 2.13. The van der Waals surface area contributed by atoms with Crippen molar-refractivity contribution in [3.05, 3.63) is 29.8 Å². The number of hydrogen-bond acceptors (Lipinski definition) is 3. The van der Waals surface area contributed by atoms with E-state index in [0.29, 0.717) is 26.1 Å². The molecule has 0 radical (unpaired) electrons. The highest BCUT2D eigenvalue weighted by atomic mass is 16.5. The molecular formula is C17H26N2O3. The number of benzene rings is 1. The van der Waals surface area contributed by atoms with Gasteiger partial charge in [-0.25, -0.2) is 0 Å². The molecule has 0 aliphatic heterocycles. The van der Waals surface area contributed by atoms with Crippen molar-refractivity contribution < 1.29 is 14.3 Å². The first-order chi connectivity index (χ1) is 10.6. The topological polar surface area (TPSA) is 58.6 Å². The fourth-order valence-electron chi connectivity index (χ4n) is 2.11. The second-order valence-corrected chi connectivity index (χ2v) is 5.21. The molecule has 0 saturated carbocycles. The van der Waals surface area contributed by atoms with Gasteiger partial charge in [-0.15, -0.1) is 0 Å². The van der Waals surface area contributed by atoms with E-state index < -0.39 is 0 Å². The standard InChI is InChI=1S/C17H26N2O3/c1-4-10-18-17(21)9-12-19(14(2)20)11-8-15-6-5-7-16(13-15)22-3/h5-7,13H,4,8-12H2,1-3H3,(H,18,21). The van der Waals surface area contributed by atoms with Gasteiger partial charge in [-0.2, -0.15) is 0 Å². The molecule has 0 bridgehead atoms. The van der Waals surface area contributed by atoms with Gasteiger partial charge in [-0.3, -0.25) is 9.59 Å². The van der Waals surface area contributed by atoms with Crippen LogP contribution >= 0.6 is 0 Å². The van der Waals surface area contributed by atoms with Gasteiger partial charge in [0.15, 0.2) is 0 Å². The Morgan fingerprint density at radius 2 is 2.05 bits per heavy atom. The Labute approximate surface area is 132 Å². The molecule has 2 amide bonds. The molecular weight excluding hydrogens is 280 g/mol. The Bertz CT molecular complexity index is 489. The van der Waals surface area contributed by atoms with Crippen LogP contribution in [0.1, 0.15) is 32.3 Å². The quantitative estimate of drug-likeness (QED) is 0.759. The summed E-state index contributed by atoms with van der Waals surface area (Å²) in [5.74, 6) is 0.798. The van der Waals surface area contributed by atoms with Crippen LogP contribution in [0, 0.1) is 0 Å². The number of rotatable bonds is 9. The first-order valence-corrected chi connectivity index (χ1v) is 7.72. The van der Waals surface area contributed by atoms with Crippen LogP contribution in [0.2, 0.25) is 0 Å². The maximum Gasteiger partial charge on any atom is 0.221 e. The summed E-state index contributed by atoms with van der Waals surface area (Å²) in [4.78, 5) is 25.0. The third-order valence-electron chi connectivity index (χ3n) is 3.43. The number of ether oxygens (including phenoxy) is 1. The van der Waals surface area contributed by atoms with Gasteiger partial charge in [0.2, 0.25) is 11.8 Å². The second-order valence-electron chi connectivity index (χ2n) is 5.21. The van der Waals surface area contributed by atoms with Crippen LogP contribution in [0.5, 0.6) is 5.75 Å². The maximum absolute atomic E-state index is 11.7. The number of nitrogens with zero attached hydrogens (tertiary/aromatic N) is 1. The number of methoxy groups -OCH3 is 1. The number of carbonyl (C=O) groups is 2. The second kappa shape index (κ2) is 9.82. The molecule has 0 aromatic heterocycles. The van der Waals surface area contributed by atoms with Crippen molar-refractivity contribution in [2.45, 2.75) is 33.1 Å². The van der Waals surface area contributed by atoms with Crippen LogP contribution in [0.15, 0.2) is 24.3 Å². The molecule has 0 atom stereocenters. The summed E-state index contributed by atoms with van der Waals surface area (Å²) in [6.45, 7) is 5.28. The molecule has 0 fully saturated rings. The molecule has 1 aromatic rings. The zero-order chi connectivity index (χ0) is 16.4. The summed E-state index contributed by atoms with van der Waals surface area (Å²) in [5.41, 5.74) is 1.11. The van der Waals surface area contributed by atoms with E-state index in [-0.39, 0.29) is 11.8 Å². The zero-order valence-corrected chi connectivity index (χ0v) is 13.7. The van der Waals surface area contributed by atoms with Crippen LogP contribution < -0.4 is 10.1 Å². The lowest BCUT2D eigenvalue weighted by molar-refractivity contribution is -0.129.